The number of halogens is 5. The fraction of sp³-hybridized carbons (Fsp3) is 0.481. The predicted octanol–water partition coefficient (Wildman–Crippen LogP) is 8.77. The van der Waals surface area contributed by atoms with Crippen LogP contribution in [0.2, 0.25) is 0 Å². The van der Waals surface area contributed by atoms with Crippen LogP contribution in [0.3, 0.4) is 0 Å². The number of allylic oxidation sites excluding steroid dienone is 1. The average Bonchev–Trinajstić information content (AvgIpc) is 2.77. The Morgan fingerprint density at radius 1 is 0.750 bits per heavy atom. The third kappa shape index (κ3) is 4.77. The lowest BCUT2D eigenvalue weighted by molar-refractivity contribution is 0.252. The van der Waals surface area contributed by atoms with Crippen LogP contribution in [0.4, 0.5) is 22.0 Å². The number of benzene rings is 2. The molecule has 4 rings (SSSR count). The Hall–Kier alpha value is -2.17. The first-order valence-corrected chi connectivity index (χ1v) is 11.7. The van der Waals surface area contributed by atoms with Gasteiger partial charge in [-0.3, -0.25) is 0 Å². The van der Waals surface area contributed by atoms with E-state index in [1.165, 1.54) is 50.2 Å². The molecule has 0 amide bonds. The maximum Gasteiger partial charge on any atom is 0.194 e. The number of fused-ring (bicyclic) bond motifs is 1. The standard InChI is InChI=1S/C27H29F5/c1-2-3-16-4-6-17(7-5-16)8-9-18-10-11-21-19(12-18)13-22(28)25(26(21)31)20-14-23(29)27(32)24(30)15-20/h12-17H,2-11H2,1H3. The van der Waals surface area contributed by atoms with Crippen molar-refractivity contribution in [3.05, 3.63) is 64.0 Å². The normalized spacial score (nSPS) is 20.8. The lowest BCUT2D eigenvalue weighted by Gasteiger charge is -2.29. The Morgan fingerprint density at radius 2 is 1.38 bits per heavy atom. The molecular weight excluding hydrogens is 419 g/mol. The Morgan fingerprint density at radius 3 is 2.00 bits per heavy atom. The summed E-state index contributed by atoms with van der Waals surface area (Å²) in [4.78, 5) is 0. The van der Waals surface area contributed by atoms with Gasteiger partial charge in [-0.25, -0.2) is 22.0 Å². The highest BCUT2D eigenvalue weighted by Gasteiger charge is 2.25. The molecule has 172 valence electrons. The van der Waals surface area contributed by atoms with Crippen molar-refractivity contribution in [1.29, 1.82) is 0 Å². The first-order chi connectivity index (χ1) is 15.4. The summed E-state index contributed by atoms with van der Waals surface area (Å²) in [5, 5.41) is 0. The third-order valence-electron chi connectivity index (χ3n) is 7.22. The van der Waals surface area contributed by atoms with E-state index >= 15 is 4.39 Å². The molecule has 0 heterocycles. The average molecular weight is 449 g/mol. The Kier molecular flexibility index (Phi) is 7.02. The zero-order valence-electron chi connectivity index (χ0n) is 18.4. The van der Waals surface area contributed by atoms with E-state index in [4.69, 9.17) is 0 Å². The van der Waals surface area contributed by atoms with Gasteiger partial charge >= 0.3 is 0 Å². The molecule has 2 aromatic carbocycles. The summed E-state index contributed by atoms with van der Waals surface area (Å²) in [5.74, 6) is -4.72. The van der Waals surface area contributed by atoms with Crippen LogP contribution in [0, 0.1) is 40.9 Å². The van der Waals surface area contributed by atoms with Crippen LogP contribution in [-0.4, -0.2) is 0 Å². The van der Waals surface area contributed by atoms with Gasteiger partial charge in [-0.15, -0.1) is 0 Å². The molecule has 1 fully saturated rings. The SMILES string of the molecule is CCCC1CCC(CCC2=Cc3cc(F)c(-c4cc(F)c(F)c(F)c4)c(F)c3CC2)CC1. The minimum atomic E-state index is -1.65. The maximum atomic E-state index is 15.2. The second-order valence-corrected chi connectivity index (χ2v) is 9.39. The third-order valence-corrected chi connectivity index (χ3v) is 7.22. The van der Waals surface area contributed by atoms with E-state index in [0.717, 1.165) is 24.7 Å². The lowest BCUT2D eigenvalue weighted by Crippen LogP contribution is -2.15. The highest BCUT2D eigenvalue weighted by Crippen LogP contribution is 2.38. The Balaban J connectivity index is 1.50. The van der Waals surface area contributed by atoms with Crippen molar-refractivity contribution in [2.24, 2.45) is 11.8 Å². The lowest BCUT2D eigenvalue weighted by atomic mass is 9.77. The van der Waals surface area contributed by atoms with Gasteiger partial charge in [0.1, 0.15) is 11.6 Å². The number of hydrogen-bond donors (Lipinski definition) is 0. The van der Waals surface area contributed by atoms with Gasteiger partial charge in [-0.2, -0.15) is 0 Å². The quantitative estimate of drug-likeness (QED) is 0.306. The van der Waals surface area contributed by atoms with Crippen molar-refractivity contribution >= 4 is 6.08 Å². The van der Waals surface area contributed by atoms with Gasteiger partial charge < -0.3 is 0 Å². The first-order valence-electron chi connectivity index (χ1n) is 11.7. The largest absolute Gasteiger partial charge is 0.206 e. The van der Waals surface area contributed by atoms with E-state index in [1.807, 2.05) is 6.08 Å². The van der Waals surface area contributed by atoms with Crippen LogP contribution in [0.15, 0.2) is 23.8 Å². The molecule has 2 aliphatic carbocycles. The molecule has 0 atom stereocenters. The van der Waals surface area contributed by atoms with Gasteiger partial charge in [0.2, 0.25) is 0 Å². The van der Waals surface area contributed by atoms with Crippen LogP contribution in [0.5, 0.6) is 0 Å². The molecule has 0 saturated heterocycles. The smallest absolute Gasteiger partial charge is 0.194 e. The summed E-state index contributed by atoms with van der Waals surface area (Å²) in [6.45, 7) is 2.24. The molecule has 0 nitrogen and oxygen atoms in total. The maximum absolute atomic E-state index is 15.2. The molecule has 2 aliphatic rings. The summed E-state index contributed by atoms with van der Waals surface area (Å²) < 4.78 is 70.4. The molecule has 2 aromatic rings. The minimum absolute atomic E-state index is 0.340. The van der Waals surface area contributed by atoms with E-state index in [9.17, 15) is 17.6 Å². The topological polar surface area (TPSA) is 0 Å². The summed E-state index contributed by atoms with van der Waals surface area (Å²) in [7, 11) is 0. The molecule has 0 aliphatic heterocycles. The van der Waals surface area contributed by atoms with Crippen molar-refractivity contribution in [2.45, 2.75) is 71.1 Å². The van der Waals surface area contributed by atoms with E-state index in [1.54, 1.807) is 0 Å². The molecule has 32 heavy (non-hydrogen) atoms. The highest BCUT2D eigenvalue weighted by molar-refractivity contribution is 5.71. The minimum Gasteiger partial charge on any atom is -0.206 e. The number of rotatable bonds is 6. The van der Waals surface area contributed by atoms with Gasteiger partial charge in [0.05, 0.1) is 5.56 Å². The molecular formula is C27H29F5. The van der Waals surface area contributed by atoms with Crippen molar-refractivity contribution in [1.82, 2.24) is 0 Å². The monoisotopic (exact) mass is 448 g/mol. The van der Waals surface area contributed by atoms with Crippen LogP contribution < -0.4 is 0 Å². The summed E-state index contributed by atoms with van der Waals surface area (Å²) in [6.07, 6.45) is 12.7. The van der Waals surface area contributed by atoms with Gasteiger partial charge in [-0.1, -0.05) is 57.1 Å². The second-order valence-electron chi connectivity index (χ2n) is 9.39. The van der Waals surface area contributed by atoms with E-state index in [0.29, 0.717) is 36.1 Å². The van der Waals surface area contributed by atoms with Gasteiger partial charge in [0.15, 0.2) is 17.5 Å². The molecule has 0 unspecified atom stereocenters. The van der Waals surface area contributed by atoms with Crippen LogP contribution in [0.1, 0.15) is 75.8 Å². The molecule has 0 aromatic heterocycles. The Bertz CT molecular complexity index is 992. The van der Waals surface area contributed by atoms with E-state index in [2.05, 4.69) is 6.92 Å². The first kappa shape index (κ1) is 23.0. The molecule has 0 N–H and O–H groups in total. The fourth-order valence-electron chi connectivity index (χ4n) is 5.41. The molecule has 5 heteroatoms. The molecule has 0 radical (unpaired) electrons. The predicted molar refractivity (Wildman–Crippen MR) is 118 cm³/mol. The van der Waals surface area contributed by atoms with Crippen LogP contribution in [-0.2, 0) is 6.42 Å². The van der Waals surface area contributed by atoms with Crippen molar-refractivity contribution in [2.75, 3.05) is 0 Å². The molecule has 1 saturated carbocycles. The number of hydrogen-bond acceptors (Lipinski definition) is 0. The summed E-state index contributed by atoms with van der Waals surface area (Å²) in [5.41, 5.74) is 1.17. The van der Waals surface area contributed by atoms with Gasteiger partial charge in [0.25, 0.3) is 0 Å². The summed E-state index contributed by atoms with van der Waals surface area (Å²) >= 11 is 0. The van der Waals surface area contributed by atoms with Crippen molar-refractivity contribution in [3.8, 4) is 11.1 Å². The van der Waals surface area contributed by atoms with Gasteiger partial charge in [0, 0.05) is 0 Å². The van der Waals surface area contributed by atoms with Crippen LogP contribution >= 0.6 is 0 Å². The Labute approximate surface area is 186 Å². The van der Waals surface area contributed by atoms with Crippen molar-refractivity contribution in [3.63, 3.8) is 0 Å². The zero-order valence-corrected chi connectivity index (χ0v) is 18.4. The second kappa shape index (κ2) is 9.76. The molecule has 0 bridgehead atoms. The van der Waals surface area contributed by atoms with E-state index < -0.39 is 34.6 Å². The van der Waals surface area contributed by atoms with Crippen LogP contribution in [0.25, 0.3) is 17.2 Å². The van der Waals surface area contributed by atoms with Gasteiger partial charge in [-0.05, 0) is 72.4 Å². The highest BCUT2D eigenvalue weighted by atomic mass is 19.2. The molecule has 0 spiro atoms. The summed E-state index contributed by atoms with van der Waals surface area (Å²) in [6, 6.07) is 2.49. The zero-order chi connectivity index (χ0) is 22.8. The van der Waals surface area contributed by atoms with Crippen molar-refractivity contribution < 1.29 is 22.0 Å². The fourth-order valence-corrected chi connectivity index (χ4v) is 5.41. The van der Waals surface area contributed by atoms with E-state index in [-0.39, 0.29) is 5.56 Å².